The number of carbonyl (C=O) groups excluding carboxylic acids is 1. The third-order valence-electron chi connectivity index (χ3n) is 4.45. The minimum atomic E-state index is -0.355. The predicted octanol–water partition coefficient (Wildman–Crippen LogP) is 3.61. The van der Waals surface area contributed by atoms with Crippen molar-refractivity contribution in [2.45, 2.75) is 26.3 Å². The van der Waals surface area contributed by atoms with Gasteiger partial charge >= 0.3 is 0 Å². The van der Waals surface area contributed by atoms with Crippen molar-refractivity contribution < 1.29 is 4.79 Å². The maximum absolute atomic E-state index is 11.8. The summed E-state index contributed by atoms with van der Waals surface area (Å²) in [5, 5.41) is 2.13. The molecule has 0 atom stereocenters. The molecular formula is C18H18N2O. The minimum absolute atomic E-state index is 0.355. The van der Waals surface area contributed by atoms with E-state index < -0.39 is 0 Å². The number of nitrogens with two attached hydrogens (primary N) is 1. The summed E-state index contributed by atoms with van der Waals surface area (Å²) >= 11 is 0. The van der Waals surface area contributed by atoms with Crippen LogP contribution in [0.3, 0.4) is 0 Å². The van der Waals surface area contributed by atoms with Gasteiger partial charge in [0.25, 0.3) is 0 Å². The van der Waals surface area contributed by atoms with Crippen LogP contribution < -0.4 is 5.73 Å². The Morgan fingerprint density at radius 1 is 1.24 bits per heavy atom. The van der Waals surface area contributed by atoms with Gasteiger partial charge in [0.2, 0.25) is 5.91 Å². The SMILES string of the molecule is Cc1ccc2c3c(C(N)=O)cccc3n(CC3CC3)c2c1. The maximum Gasteiger partial charge on any atom is 0.249 e. The van der Waals surface area contributed by atoms with Crippen LogP contribution in [0.2, 0.25) is 0 Å². The van der Waals surface area contributed by atoms with Crippen LogP contribution in [0.1, 0.15) is 28.8 Å². The van der Waals surface area contributed by atoms with Crippen molar-refractivity contribution >= 4 is 27.7 Å². The number of hydrogen-bond acceptors (Lipinski definition) is 1. The fraction of sp³-hybridized carbons (Fsp3) is 0.278. The van der Waals surface area contributed by atoms with E-state index in [0.29, 0.717) is 5.56 Å². The van der Waals surface area contributed by atoms with Crippen LogP contribution in [0.25, 0.3) is 21.8 Å². The number of rotatable bonds is 3. The highest BCUT2D eigenvalue weighted by Crippen LogP contribution is 2.37. The number of amides is 1. The van der Waals surface area contributed by atoms with Gasteiger partial charge in [-0.1, -0.05) is 18.2 Å². The largest absolute Gasteiger partial charge is 0.366 e. The molecular weight excluding hydrogens is 260 g/mol. The Morgan fingerprint density at radius 3 is 2.76 bits per heavy atom. The molecule has 4 rings (SSSR count). The molecule has 0 unspecified atom stereocenters. The van der Waals surface area contributed by atoms with Gasteiger partial charge in [-0.15, -0.1) is 0 Å². The number of primary amides is 1. The van der Waals surface area contributed by atoms with E-state index in [9.17, 15) is 4.79 Å². The highest BCUT2D eigenvalue weighted by atomic mass is 16.1. The van der Waals surface area contributed by atoms with Crippen molar-refractivity contribution in [1.82, 2.24) is 4.57 Å². The zero-order chi connectivity index (χ0) is 14.6. The average molecular weight is 278 g/mol. The summed E-state index contributed by atoms with van der Waals surface area (Å²) in [5.41, 5.74) is 9.77. The van der Waals surface area contributed by atoms with Crippen LogP contribution in [-0.4, -0.2) is 10.5 Å². The molecule has 106 valence electrons. The van der Waals surface area contributed by atoms with Gasteiger partial charge in [0.05, 0.1) is 0 Å². The second kappa shape index (κ2) is 4.35. The first-order valence-electron chi connectivity index (χ1n) is 7.46. The lowest BCUT2D eigenvalue weighted by Gasteiger charge is -2.06. The normalized spacial score (nSPS) is 14.9. The highest BCUT2D eigenvalue weighted by molar-refractivity contribution is 6.17. The number of benzene rings is 2. The van der Waals surface area contributed by atoms with Crippen LogP contribution in [-0.2, 0) is 6.54 Å². The second-order valence-electron chi connectivity index (χ2n) is 6.14. The standard InChI is InChI=1S/C18H18N2O/c1-11-5-8-13-16(9-11)20(10-12-6-7-12)15-4-2-3-14(17(13)15)18(19)21/h2-5,8-9,12H,6-7,10H2,1H3,(H2,19,21). The summed E-state index contributed by atoms with van der Waals surface area (Å²) in [6.45, 7) is 3.14. The molecule has 2 aromatic carbocycles. The molecule has 0 aliphatic heterocycles. The van der Waals surface area contributed by atoms with Crippen molar-refractivity contribution in [2.75, 3.05) is 0 Å². The predicted molar refractivity (Wildman–Crippen MR) is 85.4 cm³/mol. The van der Waals surface area contributed by atoms with Crippen molar-refractivity contribution in [3.8, 4) is 0 Å². The molecule has 2 N–H and O–H groups in total. The molecule has 1 amide bonds. The molecule has 0 radical (unpaired) electrons. The molecule has 0 spiro atoms. The first-order valence-corrected chi connectivity index (χ1v) is 7.46. The maximum atomic E-state index is 11.8. The molecule has 1 fully saturated rings. The Balaban J connectivity index is 2.13. The van der Waals surface area contributed by atoms with E-state index in [4.69, 9.17) is 5.73 Å². The van der Waals surface area contributed by atoms with Gasteiger partial charge in [-0.2, -0.15) is 0 Å². The molecule has 0 saturated heterocycles. The smallest absolute Gasteiger partial charge is 0.249 e. The third kappa shape index (κ3) is 1.92. The van der Waals surface area contributed by atoms with E-state index in [-0.39, 0.29) is 5.91 Å². The van der Waals surface area contributed by atoms with Gasteiger partial charge in [-0.25, -0.2) is 0 Å². The lowest BCUT2D eigenvalue weighted by molar-refractivity contribution is 0.100. The van der Waals surface area contributed by atoms with Gasteiger partial charge in [-0.3, -0.25) is 4.79 Å². The number of aryl methyl sites for hydroxylation is 1. The molecule has 1 aliphatic carbocycles. The van der Waals surface area contributed by atoms with Crippen molar-refractivity contribution in [3.63, 3.8) is 0 Å². The number of carbonyl (C=O) groups is 1. The second-order valence-corrected chi connectivity index (χ2v) is 6.14. The van der Waals surface area contributed by atoms with E-state index in [1.165, 1.54) is 23.9 Å². The van der Waals surface area contributed by atoms with Crippen LogP contribution in [0, 0.1) is 12.8 Å². The fourth-order valence-corrected chi connectivity index (χ4v) is 3.21. The molecule has 1 saturated carbocycles. The Morgan fingerprint density at radius 2 is 2.05 bits per heavy atom. The monoisotopic (exact) mass is 278 g/mol. The zero-order valence-electron chi connectivity index (χ0n) is 12.1. The van der Waals surface area contributed by atoms with Crippen LogP contribution in [0.5, 0.6) is 0 Å². The molecule has 1 heterocycles. The molecule has 0 bridgehead atoms. The summed E-state index contributed by atoms with van der Waals surface area (Å²) < 4.78 is 2.36. The topological polar surface area (TPSA) is 48.0 Å². The third-order valence-corrected chi connectivity index (χ3v) is 4.45. The number of aromatic nitrogens is 1. The first-order chi connectivity index (χ1) is 10.1. The molecule has 3 heteroatoms. The van der Waals surface area contributed by atoms with Crippen LogP contribution >= 0.6 is 0 Å². The summed E-state index contributed by atoms with van der Waals surface area (Å²) in [5.74, 6) is 0.424. The Bertz CT molecular complexity index is 872. The van der Waals surface area contributed by atoms with Crippen LogP contribution in [0.4, 0.5) is 0 Å². The van der Waals surface area contributed by atoms with E-state index >= 15 is 0 Å². The van der Waals surface area contributed by atoms with Gasteiger partial charge < -0.3 is 10.3 Å². The van der Waals surface area contributed by atoms with Gasteiger partial charge in [-0.05, 0) is 49.4 Å². The summed E-state index contributed by atoms with van der Waals surface area (Å²) in [7, 11) is 0. The Kier molecular flexibility index (Phi) is 2.58. The molecule has 3 aromatic rings. The molecule has 21 heavy (non-hydrogen) atoms. The van der Waals surface area contributed by atoms with Crippen molar-refractivity contribution in [2.24, 2.45) is 11.7 Å². The lowest BCUT2D eigenvalue weighted by atomic mass is 10.1. The van der Waals surface area contributed by atoms with Crippen molar-refractivity contribution in [1.29, 1.82) is 0 Å². The van der Waals surface area contributed by atoms with E-state index in [1.807, 2.05) is 12.1 Å². The van der Waals surface area contributed by atoms with Crippen molar-refractivity contribution in [3.05, 3.63) is 47.5 Å². The van der Waals surface area contributed by atoms with E-state index in [1.54, 1.807) is 0 Å². The zero-order valence-corrected chi connectivity index (χ0v) is 12.1. The molecule has 1 aliphatic rings. The first kappa shape index (κ1) is 12.5. The quantitative estimate of drug-likeness (QED) is 0.781. The van der Waals surface area contributed by atoms with Gasteiger partial charge in [0.1, 0.15) is 0 Å². The Hall–Kier alpha value is -2.29. The van der Waals surface area contributed by atoms with Crippen LogP contribution in [0.15, 0.2) is 36.4 Å². The average Bonchev–Trinajstić information content (AvgIpc) is 3.23. The number of hydrogen-bond donors (Lipinski definition) is 1. The minimum Gasteiger partial charge on any atom is -0.366 e. The highest BCUT2D eigenvalue weighted by Gasteiger charge is 2.24. The van der Waals surface area contributed by atoms with E-state index in [2.05, 4.69) is 35.8 Å². The summed E-state index contributed by atoms with van der Waals surface area (Å²) in [6.07, 6.45) is 2.62. The summed E-state index contributed by atoms with van der Waals surface area (Å²) in [4.78, 5) is 11.8. The lowest BCUT2D eigenvalue weighted by Crippen LogP contribution is -2.11. The van der Waals surface area contributed by atoms with E-state index in [0.717, 1.165) is 28.8 Å². The molecule has 1 aromatic heterocycles. The fourth-order valence-electron chi connectivity index (χ4n) is 3.21. The number of fused-ring (bicyclic) bond motifs is 3. The summed E-state index contributed by atoms with van der Waals surface area (Å²) in [6, 6.07) is 12.3. The van der Waals surface area contributed by atoms with Gasteiger partial charge in [0, 0.05) is 33.9 Å². The molecule has 3 nitrogen and oxygen atoms in total. The van der Waals surface area contributed by atoms with Gasteiger partial charge in [0.15, 0.2) is 0 Å². The number of nitrogens with zero attached hydrogens (tertiary/aromatic N) is 1. The Labute approximate surface area is 123 Å².